The Morgan fingerprint density at radius 1 is 1.41 bits per heavy atom. The van der Waals surface area contributed by atoms with E-state index in [-0.39, 0.29) is 11.3 Å². The van der Waals surface area contributed by atoms with Crippen LogP contribution < -0.4 is 5.32 Å². The number of aliphatic imine (C=N–C) groups is 1. The number of benzene rings is 1. The Morgan fingerprint density at radius 3 is 2.91 bits per heavy atom. The van der Waals surface area contributed by atoms with Crippen LogP contribution in [0, 0.1) is 0 Å². The summed E-state index contributed by atoms with van der Waals surface area (Å²) in [6.45, 7) is 2.17. The maximum Gasteiger partial charge on any atom is 0.348 e. The number of thiol groups is 1. The Hall–Kier alpha value is -1.79. The molecular formula is C16H16N2O2S2. The quantitative estimate of drug-likeness (QED) is 0.659. The summed E-state index contributed by atoms with van der Waals surface area (Å²) in [5.74, 6) is 0.560. The summed E-state index contributed by atoms with van der Waals surface area (Å²) in [7, 11) is 0. The van der Waals surface area contributed by atoms with Crippen LogP contribution in [0.1, 0.15) is 33.1 Å². The molecule has 2 aromatic rings. The molecule has 0 bridgehead atoms. The van der Waals surface area contributed by atoms with E-state index in [0.29, 0.717) is 17.9 Å². The minimum Gasteiger partial charge on any atom is -0.462 e. The third-order valence-electron chi connectivity index (χ3n) is 3.27. The average molecular weight is 332 g/mol. The van der Waals surface area contributed by atoms with Crippen LogP contribution in [0.25, 0.3) is 0 Å². The molecular weight excluding hydrogens is 316 g/mol. The maximum absolute atomic E-state index is 11.8. The number of fused-ring (bicyclic) bond motifs is 1. The number of nitrogens with one attached hydrogen (secondary N) is 1. The van der Waals surface area contributed by atoms with Gasteiger partial charge in [-0.3, -0.25) is 4.99 Å². The first-order chi connectivity index (χ1) is 10.7. The number of amidine groups is 1. The van der Waals surface area contributed by atoms with Crippen molar-refractivity contribution in [2.75, 3.05) is 11.9 Å². The van der Waals surface area contributed by atoms with Gasteiger partial charge in [-0.15, -0.1) is 24.0 Å². The summed E-state index contributed by atoms with van der Waals surface area (Å²) < 4.78 is 5.04. The summed E-state index contributed by atoms with van der Waals surface area (Å²) in [6, 6.07) is 11.9. The number of esters is 1. The van der Waals surface area contributed by atoms with Gasteiger partial charge >= 0.3 is 5.97 Å². The minimum absolute atomic E-state index is 0.255. The third kappa shape index (κ3) is 3.18. The van der Waals surface area contributed by atoms with Crippen molar-refractivity contribution < 1.29 is 9.53 Å². The first-order valence-electron chi connectivity index (χ1n) is 7.04. The number of carbonyl (C=O) groups is 1. The number of nitrogens with zero attached hydrogens (tertiary/aromatic N) is 1. The number of ether oxygens (including phenoxy) is 1. The average Bonchev–Trinajstić information content (AvgIpc) is 2.93. The van der Waals surface area contributed by atoms with Gasteiger partial charge in [-0.25, -0.2) is 4.79 Å². The number of hydrogen-bond acceptors (Lipinski definition) is 6. The molecule has 0 aliphatic carbocycles. The molecule has 0 saturated carbocycles. The highest BCUT2D eigenvalue weighted by Gasteiger charge is 2.24. The fourth-order valence-corrected chi connectivity index (χ4v) is 3.69. The molecule has 1 aromatic heterocycles. The highest BCUT2D eigenvalue weighted by Crippen LogP contribution is 2.39. The molecule has 0 radical (unpaired) electrons. The highest BCUT2D eigenvalue weighted by molar-refractivity contribution is 7.80. The van der Waals surface area contributed by atoms with Crippen LogP contribution in [0.4, 0.5) is 5.00 Å². The normalized spacial score (nSPS) is 16.5. The van der Waals surface area contributed by atoms with Crippen molar-refractivity contribution in [1.82, 2.24) is 0 Å². The molecule has 0 amide bonds. The Bertz CT molecular complexity index is 710. The molecule has 2 heterocycles. The molecule has 1 N–H and O–H groups in total. The van der Waals surface area contributed by atoms with Gasteiger partial charge in [-0.2, -0.15) is 0 Å². The van der Waals surface area contributed by atoms with E-state index in [1.807, 2.05) is 24.3 Å². The van der Waals surface area contributed by atoms with E-state index in [2.05, 4.69) is 35.1 Å². The lowest BCUT2D eigenvalue weighted by molar-refractivity contribution is 0.0532. The summed E-state index contributed by atoms with van der Waals surface area (Å²) in [6.07, 6.45) is 0.712. The summed E-state index contributed by atoms with van der Waals surface area (Å²) in [4.78, 5) is 17.0. The van der Waals surface area contributed by atoms with E-state index in [0.717, 1.165) is 16.4 Å². The molecule has 0 fully saturated rings. The second-order valence-electron chi connectivity index (χ2n) is 4.85. The number of thiophene rings is 1. The van der Waals surface area contributed by atoms with Crippen molar-refractivity contribution in [2.45, 2.75) is 18.7 Å². The van der Waals surface area contributed by atoms with E-state index in [9.17, 15) is 4.79 Å². The Labute approximate surface area is 138 Å². The van der Waals surface area contributed by atoms with Crippen LogP contribution in [0.3, 0.4) is 0 Å². The number of hydrogen-bond donors (Lipinski definition) is 2. The van der Waals surface area contributed by atoms with Crippen LogP contribution in [0.2, 0.25) is 0 Å². The van der Waals surface area contributed by atoms with Crippen LogP contribution in [0.15, 0.2) is 41.4 Å². The van der Waals surface area contributed by atoms with Crippen LogP contribution in [0.5, 0.6) is 0 Å². The van der Waals surface area contributed by atoms with Crippen molar-refractivity contribution in [3.63, 3.8) is 0 Å². The number of anilines is 1. The van der Waals surface area contributed by atoms with Crippen molar-refractivity contribution in [3.8, 4) is 0 Å². The van der Waals surface area contributed by atoms with Crippen molar-refractivity contribution in [2.24, 2.45) is 4.99 Å². The predicted octanol–water partition coefficient (Wildman–Crippen LogP) is 3.92. The van der Waals surface area contributed by atoms with Crippen LogP contribution in [-0.4, -0.2) is 18.4 Å². The monoisotopic (exact) mass is 332 g/mol. The van der Waals surface area contributed by atoms with Crippen molar-refractivity contribution >= 4 is 40.8 Å². The molecule has 1 atom stereocenters. The lowest BCUT2D eigenvalue weighted by Crippen LogP contribution is -2.19. The van der Waals surface area contributed by atoms with Crippen molar-refractivity contribution in [1.29, 1.82) is 0 Å². The zero-order valence-electron chi connectivity index (χ0n) is 12.1. The van der Waals surface area contributed by atoms with E-state index in [4.69, 9.17) is 4.74 Å². The van der Waals surface area contributed by atoms with Gasteiger partial charge in [0, 0.05) is 12.0 Å². The van der Waals surface area contributed by atoms with Gasteiger partial charge in [0.2, 0.25) is 0 Å². The Kier molecular flexibility index (Phi) is 4.49. The lowest BCUT2D eigenvalue weighted by Gasteiger charge is -2.19. The van der Waals surface area contributed by atoms with Crippen molar-refractivity contribution in [3.05, 3.63) is 52.4 Å². The van der Waals surface area contributed by atoms with E-state index in [1.54, 1.807) is 6.92 Å². The van der Waals surface area contributed by atoms with Crippen LogP contribution in [-0.2, 0) is 11.2 Å². The van der Waals surface area contributed by atoms with Gasteiger partial charge in [0.25, 0.3) is 0 Å². The molecule has 22 heavy (non-hydrogen) atoms. The van der Waals surface area contributed by atoms with E-state index < -0.39 is 0 Å². The summed E-state index contributed by atoms with van der Waals surface area (Å²) in [5, 5.41) is 3.97. The van der Waals surface area contributed by atoms with Crippen LogP contribution >= 0.6 is 24.0 Å². The summed E-state index contributed by atoms with van der Waals surface area (Å²) in [5.41, 5.74) is 2.10. The molecule has 3 rings (SSSR count). The molecule has 0 spiro atoms. The smallest absolute Gasteiger partial charge is 0.348 e. The molecule has 114 valence electrons. The van der Waals surface area contributed by atoms with Gasteiger partial charge in [-0.1, -0.05) is 30.3 Å². The number of carbonyl (C=O) groups excluding carboxylic acids is 1. The topological polar surface area (TPSA) is 50.7 Å². The van der Waals surface area contributed by atoms with Gasteiger partial charge in [0.05, 0.1) is 6.61 Å². The van der Waals surface area contributed by atoms with Gasteiger partial charge in [0.1, 0.15) is 21.1 Å². The number of rotatable bonds is 4. The molecule has 1 aliphatic rings. The minimum atomic E-state index is -0.297. The largest absolute Gasteiger partial charge is 0.462 e. The lowest BCUT2D eigenvalue weighted by atomic mass is 10.1. The Morgan fingerprint density at radius 2 is 2.18 bits per heavy atom. The SMILES string of the molecule is CCOC(=O)c1cc2c(s1)NC(Cc1ccccc1)=NC2S. The van der Waals surface area contributed by atoms with E-state index in [1.165, 1.54) is 16.9 Å². The second-order valence-corrected chi connectivity index (χ2v) is 6.39. The fraction of sp³-hybridized carbons (Fsp3) is 0.250. The Balaban J connectivity index is 1.79. The molecule has 4 nitrogen and oxygen atoms in total. The van der Waals surface area contributed by atoms with Gasteiger partial charge < -0.3 is 10.1 Å². The zero-order valence-corrected chi connectivity index (χ0v) is 13.8. The molecule has 6 heteroatoms. The standard InChI is InChI=1S/C16H16N2O2S2/c1-2-20-16(19)12-9-11-14(21)17-13(18-15(11)22-12)8-10-6-4-3-5-7-10/h3-7,9,14,21H,2,8H2,1H3,(H,17,18). The van der Waals surface area contributed by atoms with E-state index >= 15 is 0 Å². The highest BCUT2D eigenvalue weighted by atomic mass is 32.1. The zero-order chi connectivity index (χ0) is 15.5. The molecule has 0 saturated heterocycles. The second kappa shape index (κ2) is 6.54. The fourth-order valence-electron chi connectivity index (χ4n) is 2.26. The molecule has 1 unspecified atom stereocenters. The maximum atomic E-state index is 11.8. The first kappa shape index (κ1) is 15.1. The predicted molar refractivity (Wildman–Crippen MR) is 93.2 cm³/mol. The molecule has 1 aliphatic heterocycles. The van der Waals surface area contributed by atoms with Gasteiger partial charge in [-0.05, 0) is 18.6 Å². The molecule has 1 aromatic carbocycles. The summed E-state index contributed by atoms with van der Waals surface area (Å²) >= 11 is 5.91. The van der Waals surface area contributed by atoms with Gasteiger partial charge in [0.15, 0.2) is 0 Å². The third-order valence-corrected chi connectivity index (χ3v) is 4.71. The first-order valence-corrected chi connectivity index (χ1v) is 8.37.